The first kappa shape index (κ1) is 20.0. The van der Waals surface area contributed by atoms with Gasteiger partial charge in [-0.05, 0) is 36.2 Å². The minimum Gasteiger partial charge on any atom is -0.439 e. The Morgan fingerprint density at radius 1 is 1.29 bits per heavy atom. The summed E-state index contributed by atoms with van der Waals surface area (Å²) >= 11 is 5.73. The molecule has 1 N–H and O–H groups in total. The zero-order chi connectivity index (χ0) is 20.6. The highest BCUT2D eigenvalue weighted by atomic mass is 35.5. The van der Waals surface area contributed by atoms with Crippen molar-refractivity contribution < 1.29 is 23.1 Å². The van der Waals surface area contributed by atoms with Gasteiger partial charge in [0.25, 0.3) is 6.43 Å². The smallest absolute Gasteiger partial charge is 0.324 e. The second-order valence-corrected chi connectivity index (χ2v) is 7.04. The van der Waals surface area contributed by atoms with E-state index in [9.17, 15) is 18.4 Å². The molecule has 2 aromatic rings. The minimum absolute atomic E-state index is 0.0893. The summed E-state index contributed by atoms with van der Waals surface area (Å²) in [5.74, 6) is -0.722. The van der Waals surface area contributed by atoms with Gasteiger partial charge in [-0.3, -0.25) is 10.1 Å². The molecule has 0 saturated carbocycles. The molecule has 148 valence electrons. The van der Waals surface area contributed by atoms with Crippen molar-refractivity contribution in [2.45, 2.75) is 26.3 Å². The van der Waals surface area contributed by atoms with Gasteiger partial charge in [0.1, 0.15) is 5.75 Å². The molecule has 6 nitrogen and oxygen atoms in total. The molecule has 1 saturated heterocycles. The van der Waals surface area contributed by atoms with E-state index in [1.807, 2.05) is 0 Å². The number of halogens is 3. The van der Waals surface area contributed by atoms with Gasteiger partial charge in [-0.25, -0.2) is 18.6 Å². The van der Waals surface area contributed by atoms with Crippen LogP contribution in [0.5, 0.6) is 11.6 Å². The summed E-state index contributed by atoms with van der Waals surface area (Å²) in [6.45, 7) is 3.53. The molecule has 9 heteroatoms. The Morgan fingerprint density at radius 2 is 2.00 bits per heavy atom. The highest BCUT2D eigenvalue weighted by Crippen LogP contribution is 2.36. The lowest BCUT2D eigenvalue weighted by atomic mass is 9.88. The molecule has 1 aromatic carbocycles. The molecule has 0 bridgehead atoms. The summed E-state index contributed by atoms with van der Waals surface area (Å²) in [6, 6.07) is 5.15. The van der Waals surface area contributed by atoms with Crippen molar-refractivity contribution in [3.05, 3.63) is 52.2 Å². The highest BCUT2D eigenvalue weighted by molar-refractivity contribution is 6.30. The molecule has 0 aliphatic carbocycles. The van der Waals surface area contributed by atoms with Gasteiger partial charge in [-0.1, -0.05) is 24.6 Å². The van der Waals surface area contributed by atoms with Gasteiger partial charge in [0.15, 0.2) is 0 Å². The quantitative estimate of drug-likeness (QED) is 0.799. The Bertz CT molecular complexity index is 919. The first-order valence-electron chi connectivity index (χ1n) is 8.48. The molecule has 1 fully saturated rings. The molecule has 2 heterocycles. The number of aryl methyl sites for hydroxylation is 1. The SMILES string of the molecule is Cc1cc(Oc2ncc(Cl)cc2C(F)F)ccc1C1C(C)C(=O)NC(=O)N1C. The normalized spacial score (nSPS) is 19.8. The summed E-state index contributed by atoms with van der Waals surface area (Å²) in [5.41, 5.74) is 1.11. The maximum atomic E-state index is 13.2. The number of alkyl halides is 2. The van der Waals surface area contributed by atoms with Gasteiger partial charge >= 0.3 is 6.03 Å². The molecule has 1 aliphatic rings. The number of pyridine rings is 1. The van der Waals surface area contributed by atoms with Crippen LogP contribution in [-0.2, 0) is 4.79 Å². The molecule has 1 aromatic heterocycles. The fraction of sp³-hybridized carbons (Fsp3) is 0.316. The van der Waals surface area contributed by atoms with Crippen molar-refractivity contribution >= 4 is 23.5 Å². The number of nitrogens with zero attached hydrogens (tertiary/aromatic N) is 2. The van der Waals surface area contributed by atoms with Gasteiger partial charge in [-0.2, -0.15) is 0 Å². The highest BCUT2D eigenvalue weighted by Gasteiger charge is 2.38. The molecule has 0 spiro atoms. The van der Waals surface area contributed by atoms with Crippen LogP contribution in [0.3, 0.4) is 0 Å². The van der Waals surface area contributed by atoms with Gasteiger partial charge < -0.3 is 9.64 Å². The Balaban J connectivity index is 1.91. The first-order valence-corrected chi connectivity index (χ1v) is 8.86. The molecule has 28 heavy (non-hydrogen) atoms. The second kappa shape index (κ2) is 7.71. The first-order chi connectivity index (χ1) is 13.2. The van der Waals surface area contributed by atoms with Crippen LogP contribution in [0.2, 0.25) is 5.02 Å². The number of rotatable bonds is 4. The van der Waals surface area contributed by atoms with Crippen LogP contribution in [-0.4, -0.2) is 28.9 Å². The zero-order valence-electron chi connectivity index (χ0n) is 15.4. The average molecular weight is 410 g/mol. The molecule has 2 unspecified atom stereocenters. The Kier molecular flexibility index (Phi) is 5.51. The summed E-state index contributed by atoms with van der Waals surface area (Å²) in [5, 5.41) is 2.39. The van der Waals surface area contributed by atoms with Crippen molar-refractivity contribution in [1.29, 1.82) is 0 Å². The number of nitrogens with one attached hydrogen (secondary N) is 1. The number of hydrogen-bond donors (Lipinski definition) is 1. The Hall–Kier alpha value is -2.74. The van der Waals surface area contributed by atoms with Crippen molar-refractivity contribution in [1.82, 2.24) is 15.2 Å². The number of hydrogen-bond acceptors (Lipinski definition) is 4. The molecule has 3 amide bonds. The van der Waals surface area contributed by atoms with Crippen LogP contribution in [0.1, 0.15) is 36.1 Å². The third-order valence-electron chi connectivity index (χ3n) is 4.71. The van der Waals surface area contributed by atoms with Gasteiger partial charge in [0.05, 0.1) is 22.5 Å². The van der Waals surface area contributed by atoms with Crippen LogP contribution < -0.4 is 10.1 Å². The number of ether oxygens (including phenoxy) is 1. The van der Waals surface area contributed by atoms with Crippen LogP contribution in [0.15, 0.2) is 30.5 Å². The van der Waals surface area contributed by atoms with Gasteiger partial charge in [0.2, 0.25) is 11.8 Å². The van der Waals surface area contributed by atoms with Crippen molar-refractivity contribution in [3.63, 3.8) is 0 Å². The fourth-order valence-corrected chi connectivity index (χ4v) is 3.40. The van der Waals surface area contributed by atoms with Crippen LogP contribution in [0.25, 0.3) is 0 Å². The summed E-state index contributed by atoms with van der Waals surface area (Å²) in [6.07, 6.45) is -1.56. The third-order valence-corrected chi connectivity index (χ3v) is 4.92. The Morgan fingerprint density at radius 3 is 2.64 bits per heavy atom. The van der Waals surface area contributed by atoms with E-state index in [0.717, 1.165) is 17.2 Å². The third kappa shape index (κ3) is 3.77. The second-order valence-electron chi connectivity index (χ2n) is 6.61. The van der Waals surface area contributed by atoms with Crippen molar-refractivity contribution in [2.75, 3.05) is 7.05 Å². The number of carbonyl (C=O) groups is 2. The summed E-state index contributed by atoms with van der Waals surface area (Å²) < 4.78 is 31.9. The number of amides is 3. The summed E-state index contributed by atoms with van der Waals surface area (Å²) in [7, 11) is 1.61. The fourth-order valence-electron chi connectivity index (χ4n) is 3.23. The topological polar surface area (TPSA) is 71.5 Å². The van der Waals surface area contributed by atoms with Crippen LogP contribution in [0.4, 0.5) is 13.6 Å². The van der Waals surface area contributed by atoms with Gasteiger partial charge in [0, 0.05) is 13.2 Å². The van der Waals surface area contributed by atoms with E-state index in [1.165, 1.54) is 11.1 Å². The summed E-state index contributed by atoms with van der Waals surface area (Å²) in [4.78, 5) is 29.3. The van der Waals surface area contributed by atoms with E-state index >= 15 is 0 Å². The average Bonchev–Trinajstić information content (AvgIpc) is 2.63. The number of aromatic nitrogens is 1. The van der Waals surface area contributed by atoms with Gasteiger partial charge in [-0.15, -0.1) is 0 Å². The lowest BCUT2D eigenvalue weighted by Crippen LogP contribution is -2.53. The standard InChI is InChI=1S/C19H18ClF2N3O3/c1-9-6-12(28-18-14(16(21)22)7-11(20)8-23-18)4-5-13(9)15-10(2)17(26)24-19(27)25(15)3/h4-8,10,15-16H,1-3H3,(H,24,26,27). The van der Waals surface area contributed by atoms with Crippen molar-refractivity contribution in [2.24, 2.45) is 5.92 Å². The minimum atomic E-state index is -2.79. The number of carbonyl (C=O) groups excluding carboxylic acids is 2. The maximum absolute atomic E-state index is 13.2. The largest absolute Gasteiger partial charge is 0.439 e. The zero-order valence-corrected chi connectivity index (χ0v) is 16.1. The lowest BCUT2D eigenvalue weighted by Gasteiger charge is -2.37. The monoisotopic (exact) mass is 409 g/mol. The van der Waals surface area contributed by atoms with E-state index in [4.69, 9.17) is 16.3 Å². The predicted molar refractivity (Wildman–Crippen MR) is 98.7 cm³/mol. The molecule has 0 radical (unpaired) electrons. The number of imide groups is 1. The van der Waals surface area contributed by atoms with E-state index in [-0.39, 0.29) is 16.8 Å². The number of benzene rings is 1. The van der Waals surface area contributed by atoms with Crippen molar-refractivity contribution in [3.8, 4) is 11.6 Å². The predicted octanol–water partition coefficient (Wildman–Crippen LogP) is 4.63. The van der Waals surface area contributed by atoms with Crippen LogP contribution >= 0.6 is 11.6 Å². The van der Waals surface area contributed by atoms with E-state index in [1.54, 1.807) is 39.1 Å². The van der Waals surface area contributed by atoms with E-state index < -0.39 is 30.0 Å². The van der Waals surface area contributed by atoms with Crippen LogP contribution in [0, 0.1) is 12.8 Å². The van der Waals surface area contributed by atoms with E-state index in [0.29, 0.717) is 5.75 Å². The maximum Gasteiger partial charge on any atom is 0.324 e. The molecule has 2 atom stereocenters. The Labute approximate surface area is 165 Å². The number of urea groups is 1. The lowest BCUT2D eigenvalue weighted by molar-refractivity contribution is -0.127. The molecular formula is C19H18ClF2N3O3. The van der Waals surface area contributed by atoms with E-state index in [2.05, 4.69) is 10.3 Å². The molecule has 1 aliphatic heterocycles. The molecular weight excluding hydrogens is 392 g/mol. The molecule has 3 rings (SSSR count).